The molecule has 0 amide bonds. The second kappa shape index (κ2) is 7.73. The Bertz CT molecular complexity index is 378. The van der Waals surface area contributed by atoms with Gasteiger partial charge in [-0.05, 0) is 18.2 Å². The molecule has 0 aliphatic rings. The second-order valence-electron chi connectivity index (χ2n) is 2.58. The lowest BCUT2D eigenvalue weighted by molar-refractivity contribution is 1.07. The van der Waals surface area contributed by atoms with E-state index in [4.69, 9.17) is 0 Å². The maximum atomic E-state index is 3.98. The van der Waals surface area contributed by atoms with E-state index in [2.05, 4.69) is 20.2 Å². The van der Waals surface area contributed by atoms with Crippen molar-refractivity contribution in [3.63, 3.8) is 0 Å². The summed E-state index contributed by atoms with van der Waals surface area (Å²) in [6.45, 7) is 0. The van der Waals surface area contributed by atoms with E-state index < -0.39 is 0 Å². The molecule has 0 atom stereocenters. The molecule has 2 rings (SSSR count). The van der Waals surface area contributed by atoms with Crippen LogP contribution < -0.4 is 0 Å². The third kappa shape index (κ3) is 4.33. The first-order valence-electron chi connectivity index (χ1n) is 4.19. The zero-order valence-electron chi connectivity index (χ0n) is 8.22. The SMILES string of the molecule is Cl.Cl.c1ccc(N=Nc2ncccn2)cc1. The minimum atomic E-state index is 0. The molecule has 1 aromatic carbocycles. The maximum Gasteiger partial charge on any atom is 0.268 e. The largest absolute Gasteiger partial charge is 0.268 e. The van der Waals surface area contributed by atoms with Gasteiger partial charge in [0.2, 0.25) is 0 Å². The summed E-state index contributed by atoms with van der Waals surface area (Å²) in [4.78, 5) is 7.84. The van der Waals surface area contributed by atoms with Crippen LogP contribution in [0.3, 0.4) is 0 Å². The zero-order chi connectivity index (χ0) is 9.64. The average molecular weight is 257 g/mol. The third-order valence-electron chi connectivity index (χ3n) is 1.56. The van der Waals surface area contributed by atoms with Gasteiger partial charge in [-0.2, -0.15) is 0 Å². The van der Waals surface area contributed by atoms with E-state index in [0.29, 0.717) is 5.95 Å². The quantitative estimate of drug-likeness (QED) is 0.769. The van der Waals surface area contributed by atoms with Crippen LogP contribution in [-0.4, -0.2) is 9.97 Å². The molecule has 1 aromatic heterocycles. The summed E-state index contributed by atoms with van der Waals surface area (Å²) in [7, 11) is 0. The first kappa shape index (κ1) is 14.5. The van der Waals surface area contributed by atoms with Gasteiger partial charge >= 0.3 is 0 Å². The number of benzene rings is 1. The molecule has 1 heterocycles. The smallest absolute Gasteiger partial charge is 0.218 e. The van der Waals surface area contributed by atoms with Gasteiger partial charge < -0.3 is 0 Å². The van der Waals surface area contributed by atoms with Crippen LogP contribution in [0.1, 0.15) is 0 Å². The number of azo groups is 1. The van der Waals surface area contributed by atoms with Crippen LogP contribution in [-0.2, 0) is 0 Å². The molecule has 0 radical (unpaired) electrons. The summed E-state index contributed by atoms with van der Waals surface area (Å²) in [5.74, 6) is 0.372. The molecule has 6 heteroatoms. The van der Waals surface area contributed by atoms with Gasteiger partial charge in [0, 0.05) is 12.4 Å². The summed E-state index contributed by atoms with van der Waals surface area (Å²) in [5, 5.41) is 7.86. The van der Waals surface area contributed by atoms with Gasteiger partial charge in [0.05, 0.1) is 5.69 Å². The summed E-state index contributed by atoms with van der Waals surface area (Å²) in [5.41, 5.74) is 0.792. The Morgan fingerprint density at radius 3 is 2.00 bits per heavy atom. The van der Waals surface area contributed by atoms with E-state index >= 15 is 0 Å². The normalized spacial score (nSPS) is 9.25. The molecule has 0 saturated carbocycles. The Morgan fingerprint density at radius 1 is 0.750 bits per heavy atom. The lowest BCUT2D eigenvalue weighted by Gasteiger charge is -1.89. The van der Waals surface area contributed by atoms with Gasteiger partial charge in [0.1, 0.15) is 0 Å². The maximum absolute atomic E-state index is 3.98. The Balaban J connectivity index is 0.00000112. The van der Waals surface area contributed by atoms with E-state index in [0.717, 1.165) is 5.69 Å². The Hall–Kier alpha value is -1.52. The first-order chi connectivity index (χ1) is 6.95. The molecule has 0 aliphatic carbocycles. The second-order valence-corrected chi connectivity index (χ2v) is 2.58. The van der Waals surface area contributed by atoms with Gasteiger partial charge in [-0.1, -0.05) is 18.2 Å². The summed E-state index contributed by atoms with van der Waals surface area (Å²) in [6, 6.07) is 11.2. The van der Waals surface area contributed by atoms with Crippen LogP contribution >= 0.6 is 24.8 Å². The number of hydrogen-bond acceptors (Lipinski definition) is 4. The minimum Gasteiger partial charge on any atom is -0.218 e. The van der Waals surface area contributed by atoms with E-state index in [1.54, 1.807) is 18.5 Å². The molecular weight excluding hydrogens is 247 g/mol. The molecule has 0 fully saturated rings. The lowest BCUT2D eigenvalue weighted by Crippen LogP contribution is -1.75. The van der Waals surface area contributed by atoms with Crippen molar-refractivity contribution in [2.45, 2.75) is 0 Å². The average Bonchev–Trinajstić information content (AvgIpc) is 2.29. The minimum absolute atomic E-state index is 0. The van der Waals surface area contributed by atoms with E-state index in [1.165, 1.54) is 0 Å². The number of halogens is 2. The van der Waals surface area contributed by atoms with Crippen molar-refractivity contribution < 1.29 is 0 Å². The Labute approximate surface area is 106 Å². The highest BCUT2D eigenvalue weighted by Crippen LogP contribution is 2.12. The van der Waals surface area contributed by atoms with Crippen molar-refractivity contribution in [3.05, 3.63) is 48.8 Å². The molecule has 16 heavy (non-hydrogen) atoms. The molecule has 4 nitrogen and oxygen atoms in total. The molecule has 0 bridgehead atoms. The van der Waals surface area contributed by atoms with Crippen LogP contribution in [0, 0.1) is 0 Å². The molecule has 84 valence electrons. The molecule has 0 aliphatic heterocycles. The van der Waals surface area contributed by atoms with Crippen LogP contribution in [0.15, 0.2) is 59.0 Å². The molecule has 2 aromatic rings. The summed E-state index contributed by atoms with van der Waals surface area (Å²) < 4.78 is 0. The van der Waals surface area contributed by atoms with Crippen LogP contribution in [0.4, 0.5) is 11.6 Å². The fourth-order valence-corrected chi connectivity index (χ4v) is 0.940. The topological polar surface area (TPSA) is 50.5 Å². The Kier molecular flexibility index (Phi) is 7.00. The highest BCUT2D eigenvalue weighted by molar-refractivity contribution is 5.85. The predicted molar refractivity (Wildman–Crippen MR) is 67.1 cm³/mol. The molecular formula is C10H10Cl2N4. The predicted octanol–water partition coefficient (Wildman–Crippen LogP) is 3.74. The fourth-order valence-electron chi connectivity index (χ4n) is 0.940. The summed E-state index contributed by atoms with van der Waals surface area (Å²) in [6.07, 6.45) is 3.26. The van der Waals surface area contributed by atoms with Crippen LogP contribution in [0.5, 0.6) is 0 Å². The van der Waals surface area contributed by atoms with Gasteiger partial charge in [-0.25, -0.2) is 9.97 Å². The van der Waals surface area contributed by atoms with Gasteiger partial charge in [0.25, 0.3) is 5.95 Å². The standard InChI is InChI=1S/C10H8N4.2ClH/c1-2-5-9(6-3-1)13-14-10-11-7-4-8-12-10;;/h1-8H;2*1H. The van der Waals surface area contributed by atoms with E-state index in [9.17, 15) is 0 Å². The van der Waals surface area contributed by atoms with Crippen LogP contribution in [0.2, 0.25) is 0 Å². The highest BCUT2D eigenvalue weighted by atomic mass is 35.5. The van der Waals surface area contributed by atoms with E-state index in [-0.39, 0.29) is 24.8 Å². The molecule has 0 spiro atoms. The van der Waals surface area contributed by atoms with Gasteiger partial charge in [0.15, 0.2) is 0 Å². The lowest BCUT2D eigenvalue weighted by atomic mass is 10.3. The Morgan fingerprint density at radius 2 is 1.38 bits per heavy atom. The van der Waals surface area contributed by atoms with Crippen molar-refractivity contribution >= 4 is 36.4 Å². The van der Waals surface area contributed by atoms with Crippen molar-refractivity contribution in [2.75, 3.05) is 0 Å². The fraction of sp³-hybridized carbons (Fsp3) is 0. The van der Waals surface area contributed by atoms with E-state index in [1.807, 2.05) is 30.3 Å². The number of hydrogen-bond donors (Lipinski definition) is 0. The van der Waals surface area contributed by atoms with Crippen molar-refractivity contribution in [1.82, 2.24) is 9.97 Å². The van der Waals surface area contributed by atoms with Gasteiger partial charge in [-0.15, -0.1) is 35.0 Å². The highest BCUT2D eigenvalue weighted by Gasteiger charge is 1.89. The third-order valence-corrected chi connectivity index (χ3v) is 1.56. The zero-order valence-corrected chi connectivity index (χ0v) is 9.86. The van der Waals surface area contributed by atoms with Crippen molar-refractivity contribution in [1.29, 1.82) is 0 Å². The molecule has 0 saturated heterocycles. The summed E-state index contributed by atoms with van der Waals surface area (Å²) >= 11 is 0. The number of aromatic nitrogens is 2. The monoisotopic (exact) mass is 256 g/mol. The number of nitrogens with zero attached hydrogens (tertiary/aromatic N) is 4. The molecule has 0 N–H and O–H groups in total. The van der Waals surface area contributed by atoms with Crippen LogP contribution in [0.25, 0.3) is 0 Å². The van der Waals surface area contributed by atoms with Gasteiger partial charge in [-0.3, -0.25) is 0 Å². The molecule has 0 unspecified atom stereocenters. The first-order valence-corrected chi connectivity index (χ1v) is 4.19. The number of rotatable bonds is 2. The van der Waals surface area contributed by atoms with Crippen molar-refractivity contribution in [3.8, 4) is 0 Å². The van der Waals surface area contributed by atoms with Crippen molar-refractivity contribution in [2.24, 2.45) is 10.2 Å².